The smallest absolute Gasteiger partial charge is 0.258 e. The summed E-state index contributed by atoms with van der Waals surface area (Å²) < 4.78 is 5.51. The third-order valence-electron chi connectivity index (χ3n) is 2.44. The Hall–Kier alpha value is -1.62. The molecule has 0 radical (unpaired) electrons. The van der Waals surface area contributed by atoms with E-state index < -0.39 is 12.0 Å². The fraction of sp³-hybridized carbons (Fsp3) is 0.333. The van der Waals surface area contributed by atoms with Crippen LogP contribution in [-0.2, 0) is 4.79 Å². The number of hydrogen-bond donors (Lipinski definition) is 2. The van der Waals surface area contributed by atoms with E-state index in [-0.39, 0.29) is 0 Å². The molecule has 0 bridgehead atoms. The number of carbonyl (C=O) groups is 1. The summed E-state index contributed by atoms with van der Waals surface area (Å²) in [6.07, 6.45) is -0.664. The summed E-state index contributed by atoms with van der Waals surface area (Å²) in [5.74, 6) is 0.151. The number of aryl methyl sites for hydroxylation is 2. The fourth-order valence-corrected chi connectivity index (χ4v) is 1.63. The Morgan fingerprint density at radius 3 is 2.12 bits per heavy atom. The molecule has 0 aliphatic carbocycles. The van der Waals surface area contributed by atoms with Crippen LogP contribution in [0.5, 0.6) is 5.75 Å². The molecular weight excluding hydrogens is 236 g/mol. The van der Waals surface area contributed by atoms with Gasteiger partial charge in [0.1, 0.15) is 10.7 Å². The van der Waals surface area contributed by atoms with Gasteiger partial charge in [-0.2, -0.15) is 0 Å². The van der Waals surface area contributed by atoms with Gasteiger partial charge in [-0.25, -0.2) is 0 Å². The van der Waals surface area contributed by atoms with E-state index in [1.54, 1.807) is 6.92 Å². The van der Waals surface area contributed by atoms with Crippen LogP contribution in [0.25, 0.3) is 0 Å². The average molecular weight is 252 g/mol. The standard InChI is InChI=1S/C12H16N2O2S/c1-6-4-9(12(14)17)5-7(2)10(6)16-8(3)11(13)15/h4-5,8H,1-3H3,(H2,13,15)(H2,14,17). The first kappa shape index (κ1) is 13.4. The summed E-state index contributed by atoms with van der Waals surface area (Å²) in [5.41, 5.74) is 13.3. The van der Waals surface area contributed by atoms with Gasteiger partial charge in [0.15, 0.2) is 6.10 Å². The molecule has 0 spiro atoms. The molecule has 0 aromatic heterocycles. The van der Waals surface area contributed by atoms with E-state index in [1.807, 2.05) is 26.0 Å². The van der Waals surface area contributed by atoms with Gasteiger partial charge in [-0.05, 0) is 44.0 Å². The Balaban J connectivity index is 3.10. The first-order chi connectivity index (χ1) is 7.82. The third kappa shape index (κ3) is 3.17. The highest BCUT2D eigenvalue weighted by molar-refractivity contribution is 7.80. The van der Waals surface area contributed by atoms with Gasteiger partial charge in [-0.15, -0.1) is 0 Å². The van der Waals surface area contributed by atoms with Crippen molar-refractivity contribution in [2.24, 2.45) is 11.5 Å². The van der Waals surface area contributed by atoms with Crippen LogP contribution in [0.15, 0.2) is 12.1 Å². The molecule has 5 heteroatoms. The number of hydrogen-bond acceptors (Lipinski definition) is 3. The number of carbonyl (C=O) groups excluding carboxylic acids is 1. The van der Waals surface area contributed by atoms with Crippen LogP contribution in [0.3, 0.4) is 0 Å². The average Bonchev–Trinajstić information content (AvgIpc) is 2.22. The van der Waals surface area contributed by atoms with E-state index >= 15 is 0 Å². The molecule has 4 N–H and O–H groups in total. The predicted molar refractivity (Wildman–Crippen MR) is 71.1 cm³/mol. The van der Waals surface area contributed by atoms with Gasteiger partial charge < -0.3 is 16.2 Å². The molecule has 0 saturated carbocycles. The van der Waals surface area contributed by atoms with Crippen LogP contribution in [0, 0.1) is 13.8 Å². The summed E-state index contributed by atoms with van der Waals surface area (Å²) in [7, 11) is 0. The topological polar surface area (TPSA) is 78.3 Å². The molecule has 4 nitrogen and oxygen atoms in total. The van der Waals surface area contributed by atoms with E-state index in [4.69, 9.17) is 28.4 Å². The van der Waals surface area contributed by atoms with Crippen molar-refractivity contribution in [3.05, 3.63) is 28.8 Å². The lowest BCUT2D eigenvalue weighted by Gasteiger charge is -2.16. The third-order valence-corrected chi connectivity index (χ3v) is 2.68. The van der Waals surface area contributed by atoms with Gasteiger partial charge in [0.05, 0.1) is 0 Å². The number of benzene rings is 1. The van der Waals surface area contributed by atoms with E-state index in [1.165, 1.54) is 0 Å². The van der Waals surface area contributed by atoms with E-state index in [0.717, 1.165) is 16.7 Å². The molecule has 1 amide bonds. The molecular formula is C12H16N2O2S. The van der Waals surface area contributed by atoms with Crippen molar-refractivity contribution in [3.8, 4) is 5.75 Å². The quantitative estimate of drug-likeness (QED) is 0.789. The Bertz CT molecular complexity index is 449. The lowest BCUT2D eigenvalue weighted by atomic mass is 10.1. The lowest BCUT2D eigenvalue weighted by Crippen LogP contribution is -2.31. The molecule has 0 aliphatic rings. The first-order valence-corrected chi connectivity index (χ1v) is 5.60. The number of rotatable bonds is 4. The first-order valence-electron chi connectivity index (χ1n) is 5.20. The van der Waals surface area contributed by atoms with E-state index in [2.05, 4.69) is 0 Å². The molecule has 0 heterocycles. The Morgan fingerprint density at radius 1 is 1.29 bits per heavy atom. The van der Waals surface area contributed by atoms with Crippen molar-refractivity contribution < 1.29 is 9.53 Å². The monoisotopic (exact) mass is 252 g/mol. The van der Waals surface area contributed by atoms with Gasteiger partial charge >= 0.3 is 0 Å². The molecule has 0 fully saturated rings. The molecule has 92 valence electrons. The number of amides is 1. The molecule has 1 rings (SSSR count). The SMILES string of the molecule is Cc1cc(C(N)=S)cc(C)c1OC(C)C(N)=O. The summed E-state index contributed by atoms with van der Waals surface area (Å²) in [6, 6.07) is 3.66. The molecule has 1 unspecified atom stereocenters. The minimum absolute atomic E-state index is 0.339. The molecule has 1 atom stereocenters. The maximum atomic E-state index is 11.0. The largest absolute Gasteiger partial charge is 0.480 e. The maximum absolute atomic E-state index is 11.0. The van der Waals surface area contributed by atoms with Gasteiger partial charge in [0, 0.05) is 5.56 Å². The Morgan fingerprint density at radius 2 is 1.76 bits per heavy atom. The summed E-state index contributed by atoms with van der Waals surface area (Å²) in [6.45, 7) is 5.36. The second-order valence-electron chi connectivity index (χ2n) is 3.97. The number of thiocarbonyl (C=S) groups is 1. The molecule has 1 aromatic rings. The number of nitrogens with two attached hydrogens (primary N) is 2. The van der Waals surface area contributed by atoms with Crippen molar-refractivity contribution in [1.29, 1.82) is 0 Å². The zero-order valence-corrected chi connectivity index (χ0v) is 10.9. The maximum Gasteiger partial charge on any atom is 0.258 e. The zero-order valence-electron chi connectivity index (χ0n) is 10.1. The highest BCUT2D eigenvalue weighted by Gasteiger charge is 2.14. The Labute approximate surface area is 106 Å². The molecule has 0 aliphatic heterocycles. The Kier molecular flexibility index (Phi) is 4.07. The minimum Gasteiger partial charge on any atom is -0.480 e. The molecule has 17 heavy (non-hydrogen) atoms. The van der Waals surface area contributed by atoms with Gasteiger partial charge in [-0.1, -0.05) is 12.2 Å². The van der Waals surface area contributed by atoms with Crippen molar-refractivity contribution in [1.82, 2.24) is 0 Å². The van der Waals surface area contributed by atoms with Gasteiger partial charge in [0.2, 0.25) is 0 Å². The summed E-state index contributed by atoms with van der Waals surface area (Å²) >= 11 is 4.92. The van der Waals surface area contributed by atoms with Crippen LogP contribution < -0.4 is 16.2 Å². The highest BCUT2D eigenvalue weighted by atomic mass is 32.1. The normalized spacial score (nSPS) is 11.9. The van der Waals surface area contributed by atoms with Crippen molar-refractivity contribution >= 4 is 23.1 Å². The number of ether oxygens (including phenoxy) is 1. The van der Waals surface area contributed by atoms with Crippen LogP contribution in [0.1, 0.15) is 23.6 Å². The van der Waals surface area contributed by atoms with E-state index in [9.17, 15) is 4.79 Å². The predicted octanol–water partition coefficient (Wildman–Crippen LogP) is 1.19. The lowest BCUT2D eigenvalue weighted by molar-refractivity contribution is -0.124. The summed E-state index contributed by atoms with van der Waals surface area (Å²) in [5, 5.41) is 0. The summed E-state index contributed by atoms with van der Waals surface area (Å²) in [4.78, 5) is 11.3. The van der Waals surface area contributed by atoms with Crippen LogP contribution >= 0.6 is 12.2 Å². The van der Waals surface area contributed by atoms with Crippen molar-refractivity contribution in [2.75, 3.05) is 0 Å². The van der Waals surface area contributed by atoms with Crippen molar-refractivity contribution in [3.63, 3.8) is 0 Å². The minimum atomic E-state index is -0.664. The van der Waals surface area contributed by atoms with Gasteiger partial charge in [0.25, 0.3) is 5.91 Å². The van der Waals surface area contributed by atoms with Crippen molar-refractivity contribution in [2.45, 2.75) is 26.9 Å². The zero-order chi connectivity index (χ0) is 13.2. The molecule has 1 aromatic carbocycles. The number of primary amides is 1. The molecule has 0 saturated heterocycles. The highest BCUT2D eigenvalue weighted by Crippen LogP contribution is 2.25. The van der Waals surface area contributed by atoms with Gasteiger partial charge in [-0.3, -0.25) is 4.79 Å². The van der Waals surface area contributed by atoms with Crippen LogP contribution in [0.4, 0.5) is 0 Å². The fourth-order valence-electron chi connectivity index (χ4n) is 1.51. The van der Waals surface area contributed by atoms with Crippen LogP contribution in [-0.4, -0.2) is 17.0 Å². The van der Waals surface area contributed by atoms with Crippen LogP contribution in [0.2, 0.25) is 0 Å². The van der Waals surface area contributed by atoms with E-state index in [0.29, 0.717) is 10.7 Å². The second kappa shape index (κ2) is 5.14. The second-order valence-corrected chi connectivity index (χ2v) is 4.41.